The van der Waals surface area contributed by atoms with Gasteiger partial charge in [0, 0.05) is 58.2 Å². The summed E-state index contributed by atoms with van der Waals surface area (Å²) in [5.74, 6) is 0. The predicted octanol–water partition coefficient (Wildman–Crippen LogP) is 9.38. The molecule has 0 fully saturated rings. The van der Waals surface area contributed by atoms with Crippen molar-refractivity contribution in [2.75, 3.05) is 0 Å². The van der Waals surface area contributed by atoms with Crippen molar-refractivity contribution in [3.05, 3.63) is 193 Å². The lowest BCUT2D eigenvalue weighted by atomic mass is 9.96. The molecule has 0 radical (unpaired) electrons. The average Bonchev–Trinajstić information content (AvgIpc) is 3.22. The molecule has 0 saturated heterocycles. The van der Waals surface area contributed by atoms with Crippen molar-refractivity contribution in [3.63, 3.8) is 0 Å². The third-order valence-electron chi connectivity index (χ3n) is 8.84. The number of rotatable bonds is 6. The molecule has 6 aromatic heterocycles. The topological polar surface area (TPSA) is 102 Å². The maximum Gasteiger partial charge on any atom is 0.0914 e. The lowest BCUT2D eigenvalue weighted by molar-refractivity contribution is 1.25. The number of hydrogen-bond acceptors (Lipinski definition) is 8. The van der Waals surface area contributed by atoms with Crippen molar-refractivity contribution >= 4 is 22.8 Å². The molecule has 8 aromatic rings. The summed E-state index contributed by atoms with van der Waals surface area (Å²) in [7, 11) is 0. The van der Waals surface area contributed by atoms with Crippen LogP contribution in [0.4, 0.5) is 11.4 Å². The van der Waals surface area contributed by atoms with Gasteiger partial charge in [-0.1, -0.05) is 72.8 Å². The Hall–Kier alpha value is -7.32. The van der Waals surface area contributed by atoms with Gasteiger partial charge in [-0.05, 0) is 60.7 Å². The Labute approximate surface area is 300 Å². The minimum absolute atomic E-state index is 0.723. The van der Waals surface area contributed by atoms with Crippen molar-refractivity contribution in [2.24, 2.45) is 9.98 Å². The van der Waals surface area contributed by atoms with E-state index in [4.69, 9.17) is 20.0 Å². The molecular weight excluding hydrogens is 641 g/mol. The van der Waals surface area contributed by atoms with Crippen LogP contribution in [-0.2, 0) is 0 Å². The summed E-state index contributed by atoms with van der Waals surface area (Å²) in [5, 5.41) is 0. The minimum atomic E-state index is 0.723. The zero-order chi connectivity index (χ0) is 34.7. The molecule has 0 unspecified atom stereocenters. The van der Waals surface area contributed by atoms with Gasteiger partial charge in [-0.3, -0.25) is 19.9 Å². The van der Waals surface area contributed by atoms with E-state index in [1.807, 2.05) is 84.9 Å². The van der Waals surface area contributed by atoms with Crippen molar-refractivity contribution in [1.82, 2.24) is 29.9 Å². The first kappa shape index (κ1) is 30.7. The summed E-state index contributed by atoms with van der Waals surface area (Å²) in [4.78, 5) is 38.1. The van der Waals surface area contributed by atoms with Gasteiger partial charge in [0.2, 0.25) is 0 Å². The Bertz CT molecular complexity index is 2420. The molecule has 7 heterocycles. The van der Waals surface area contributed by atoms with Crippen LogP contribution in [0.15, 0.2) is 181 Å². The van der Waals surface area contributed by atoms with Crippen LogP contribution in [0.5, 0.6) is 0 Å². The fourth-order valence-corrected chi connectivity index (χ4v) is 6.25. The van der Waals surface area contributed by atoms with Crippen LogP contribution in [0.3, 0.4) is 0 Å². The second-order valence-corrected chi connectivity index (χ2v) is 12.1. The van der Waals surface area contributed by atoms with E-state index in [0.717, 1.165) is 90.3 Å². The largest absolute Gasteiger partial charge is 0.262 e. The summed E-state index contributed by atoms with van der Waals surface area (Å²) in [5.41, 5.74) is 13.7. The Kier molecular flexibility index (Phi) is 7.99. The molecule has 1 aliphatic rings. The van der Waals surface area contributed by atoms with Gasteiger partial charge < -0.3 is 0 Å². The van der Waals surface area contributed by atoms with E-state index >= 15 is 0 Å². The summed E-state index contributed by atoms with van der Waals surface area (Å²) in [6.45, 7) is 0. The first-order valence-corrected chi connectivity index (χ1v) is 16.8. The molecule has 0 amide bonds. The monoisotopic (exact) mass is 668 g/mol. The van der Waals surface area contributed by atoms with Crippen molar-refractivity contribution < 1.29 is 0 Å². The van der Waals surface area contributed by atoms with Crippen LogP contribution < -0.4 is 0 Å². The second-order valence-electron chi connectivity index (χ2n) is 12.1. The van der Waals surface area contributed by atoms with E-state index in [0.29, 0.717) is 0 Å². The van der Waals surface area contributed by atoms with E-state index in [1.54, 1.807) is 37.2 Å². The molecule has 1 aliphatic heterocycles. The normalized spacial score (nSPS) is 12.1. The zero-order valence-electron chi connectivity index (χ0n) is 27.7. The summed E-state index contributed by atoms with van der Waals surface area (Å²) < 4.78 is 0. The predicted molar refractivity (Wildman–Crippen MR) is 205 cm³/mol. The fourth-order valence-electron chi connectivity index (χ4n) is 6.25. The highest BCUT2D eigenvalue weighted by Gasteiger charge is 2.21. The Morgan fingerprint density at radius 2 is 0.712 bits per heavy atom. The fraction of sp³-hybridized carbons (Fsp3) is 0. The van der Waals surface area contributed by atoms with Crippen molar-refractivity contribution in [1.29, 1.82) is 0 Å². The highest BCUT2D eigenvalue weighted by Crippen LogP contribution is 2.33. The maximum atomic E-state index is 5.25. The van der Waals surface area contributed by atoms with Crippen LogP contribution in [0.1, 0.15) is 22.3 Å². The molecule has 2 aromatic carbocycles. The van der Waals surface area contributed by atoms with Crippen LogP contribution in [0.25, 0.3) is 45.3 Å². The van der Waals surface area contributed by atoms with Gasteiger partial charge in [-0.15, -0.1) is 0 Å². The van der Waals surface area contributed by atoms with Crippen molar-refractivity contribution in [3.8, 4) is 45.3 Å². The molecule has 0 N–H and O–H groups in total. The molecule has 52 heavy (non-hydrogen) atoms. The molecule has 244 valence electrons. The number of nitrogens with zero attached hydrogens (tertiary/aromatic N) is 8. The number of hydrogen-bond donors (Lipinski definition) is 0. The SMILES string of the molecule is c1ccc(-c2cccc(-c3ccc(C4=Nc5cnccc5C(c5ccc(-c6cccc(-c7ccccn7)n6)cc5)=Nc5cnccc54)cc3)n2)nc1. The lowest BCUT2D eigenvalue weighted by Gasteiger charge is -2.18. The molecular formula is C44H28N8. The highest BCUT2D eigenvalue weighted by atomic mass is 14.9. The first-order chi connectivity index (χ1) is 25.8. The van der Waals surface area contributed by atoms with E-state index in [9.17, 15) is 0 Å². The van der Waals surface area contributed by atoms with Gasteiger partial charge in [0.1, 0.15) is 0 Å². The number of aromatic nitrogens is 6. The van der Waals surface area contributed by atoms with Crippen molar-refractivity contribution in [2.45, 2.75) is 0 Å². The molecule has 8 nitrogen and oxygen atoms in total. The molecule has 0 spiro atoms. The molecule has 0 bridgehead atoms. The van der Waals surface area contributed by atoms with Gasteiger partial charge in [-0.2, -0.15) is 0 Å². The maximum absolute atomic E-state index is 5.25. The standard InChI is InChI=1S/C44H28N8/c1-3-23-47-37(7-1)39-11-5-9-35(49-39)29-13-17-31(18-14-29)43-33-21-25-45-27-41(33)52-44(34-22-26-46-28-42(34)51-43)32-19-15-30(16-20-32)36-10-6-12-40(50-36)38-8-2-4-24-48-38/h1-28H. The van der Waals surface area contributed by atoms with E-state index in [2.05, 4.69) is 68.5 Å². The number of benzene rings is 2. The number of pyridine rings is 6. The summed E-state index contributed by atoms with van der Waals surface area (Å²) in [6, 6.07) is 44.2. The third kappa shape index (κ3) is 6.05. The quantitative estimate of drug-likeness (QED) is 0.175. The van der Waals surface area contributed by atoms with Gasteiger partial charge in [-0.25, -0.2) is 20.0 Å². The Morgan fingerprint density at radius 1 is 0.308 bits per heavy atom. The second kappa shape index (κ2) is 13.5. The number of aliphatic imine (C=N–C) groups is 2. The average molecular weight is 669 g/mol. The molecule has 0 aliphatic carbocycles. The smallest absolute Gasteiger partial charge is 0.0914 e. The van der Waals surface area contributed by atoms with Gasteiger partial charge in [0.15, 0.2) is 0 Å². The van der Waals surface area contributed by atoms with Crippen LogP contribution in [0.2, 0.25) is 0 Å². The van der Waals surface area contributed by atoms with Gasteiger partial charge in [0.05, 0.1) is 69.4 Å². The zero-order valence-corrected chi connectivity index (χ0v) is 27.7. The van der Waals surface area contributed by atoms with Gasteiger partial charge >= 0.3 is 0 Å². The van der Waals surface area contributed by atoms with Crippen LogP contribution in [0, 0.1) is 0 Å². The molecule has 0 saturated carbocycles. The third-order valence-corrected chi connectivity index (χ3v) is 8.84. The highest BCUT2D eigenvalue weighted by molar-refractivity contribution is 6.22. The Morgan fingerprint density at radius 3 is 1.13 bits per heavy atom. The van der Waals surface area contributed by atoms with Gasteiger partial charge in [0.25, 0.3) is 0 Å². The molecule has 8 heteroatoms. The van der Waals surface area contributed by atoms with E-state index in [1.165, 1.54) is 0 Å². The van der Waals surface area contributed by atoms with Crippen LogP contribution >= 0.6 is 0 Å². The molecule has 9 rings (SSSR count). The first-order valence-electron chi connectivity index (χ1n) is 16.8. The molecule has 0 atom stereocenters. The summed E-state index contributed by atoms with van der Waals surface area (Å²) in [6.07, 6.45) is 10.7. The summed E-state index contributed by atoms with van der Waals surface area (Å²) >= 11 is 0. The van der Waals surface area contributed by atoms with Crippen LogP contribution in [-0.4, -0.2) is 41.3 Å². The minimum Gasteiger partial charge on any atom is -0.262 e. The van der Waals surface area contributed by atoms with E-state index < -0.39 is 0 Å². The number of fused-ring (bicyclic) bond motifs is 2. The lowest BCUT2D eigenvalue weighted by Crippen LogP contribution is -2.10. The Balaban J connectivity index is 1.07. The van der Waals surface area contributed by atoms with E-state index in [-0.39, 0.29) is 0 Å².